The van der Waals surface area contributed by atoms with Crippen LogP contribution in [0.1, 0.15) is 0 Å². The Labute approximate surface area is 81.5 Å². The summed E-state index contributed by atoms with van der Waals surface area (Å²) in [5.74, 6) is 0. The predicted molar refractivity (Wildman–Crippen MR) is 23.0 cm³/mol. The van der Waals surface area contributed by atoms with E-state index in [-0.39, 0.29) is 82.8 Å². The zero-order valence-electron chi connectivity index (χ0n) is 3.45. The minimum atomic E-state index is 0. The minimum Gasteiger partial charge on any atom is 0 e. The van der Waals surface area contributed by atoms with Crippen LogP contribution in [0.2, 0.25) is 0 Å². The SMILES string of the molecule is [Bi].[Li].[Li].[Li]. The Hall–Kier alpha value is 2.68. The predicted octanol–water partition coefficient (Wildman–Crippen LogP) is -1.52. The van der Waals surface area contributed by atoms with E-state index in [0.29, 0.717) is 0 Å². The molecule has 8 valence electrons. The molecule has 0 aliphatic heterocycles. The van der Waals surface area contributed by atoms with Gasteiger partial charge in [0.1, 0.15) is 0 Å². The van der Waals surface area contributed by atoms with E-state index in [2.05, 4.69) is 0 Å². The van der Waals surface area contributed by atoms with Crippen LogP contribution in [-0.2, 0) is 0 Å². The normalized spacial score (nSPS) is 0. The molecule has 0 rings (SSSR count). The topological polar surface area (TPSA) is 0 Å². The zero-order valence-corrected chi connectivity index (χ0v) is 6.92. The fraction of sp³-hybridized carbons (Fsp3) is 0. The van der Waals surface area contributed by atoms with Crippen molar-refractivity contribution in [2.45, 2.75) is 0 Å². The third kappa shape index (κ3) is 8.82. The van der Waals surface area contributed by atoms with E-state index in [1.807, 2.05) is 0 Å². The fourth-order valence-corrected chi connectivity index (χ4v) is 0. The van der Waals surface area contributed by atoms with E-state index < -0.39 is 0 Å². The van der Waals surface area contributed by atoms with Gasteiger partial charge in [-0.05, 0) is 0 Å². The first-order chi connectivity index (χ1) is 0. The number of hydrogen-bond acceptors (Lipinski definition) is 0. The van der Waals surface area contributed by atoms with Crippen molar-refractivity contribution in [2.24, 2.45) is 0 Å². The van der Waals surface area contributed by atoms with Gasteiger partial charge in [-0.15, -0.1) is 0 Å². The zero-order chi connectivity index (χ0) is 0. The van der Waals surface area contributed by atoms with Crippen LogP contribution in [0.3, 0.4) is 0 Å². The molecule has 0 bridgehead atoms. The van der Waals surface area contributed by atoms with Crippen molar-refractivity contribution in [2.75, 3.05) is 0 Å². The molecule has 0 aliphatic carbocycles. The second-order valence-corrected chi connectivity index (χ2v) is 0. The van der Waals surface area contributed by atoms with Gasteiger partial charge in [0.05, 0.1) is 0 Å². The van der Waals surface area contributed by atoms with Crippen LogP contribution in [-0.4, -0.2) is 82.8 Å². The van der Waals surface area contributed by atoms with Crippen molar-refractivity contribution in [3.05, 3.63) is 0 Å². The smallest absolute Gasteiger partial charge is 0 e. The average molecular weight is 230 g/mol. The molecule has 0 aromatic rings. The fourth-order valence-electron chi connectivity index (χ4n) is 0. The molecule has 4 heteroatoms. The molecular weight excluding hydrogens is 230 g/mol. The van der Waals surface area contributed by atoms with Gasteiger partial charge >= 0.3 is 0 Å². The molecule has 0 aromatic carbocycles. The summed E-state index contributed by atoms with van der Waals surface area (Å²) in [4.78, 5) is 0. The van der Waals surface area contributed by atoms with Crippen LogP contribution in [0.25, 0.3) is 0 Å². The maximum absolute atomic E-state index is 0. The number of hydrogen-bond donors (Lipinski definition) is 0. The molecule has 0 fully saturated rings. The van der Waals surface area contributed by atoms with Gasteiger partial charge in [-0.2, -0.15) is 0 Å². The minimum absolute atomic E-state index is 0. The Kier molecular flexibility index (Phi) is 130. The second kappa shape index (κ2) is 17.3. The second-order valence-electron chi connectivity index (χ2n) is 0. The van der Waals surface area contributed by atoms with Gasteiger partial charge in [0.15, 0.2) is 0 Å². The Balaban J connectivity index is 0. The Morgan fingerprint density at radius 1 is 0.500 bits per heavy atom. The van der Waals surface area contributed by atoms with Crippen molar-refractivity contribution in [1.29, 1.82) is 0 Å². The summed E-state index contributed by atoms with van der Waals surface area (Å²) in [7, 11) is 0. The first kappa shape index (κ1) is 30.0. The van der Waals surface area contributed by atoms with Gasteiger partial charge in [-0.3, -0.25) is 0 Å². The third-order valence-electron chi connectivity index (χ3n) is 0. The van der Waals surface area contributed by atoms with Crippen LogP contribution < -0.4 is 0 Å². The standard InChI is InChI=1S/Bi.3Li. The summed E-state index contributed by atoms with van der Waals surface area (Å²) >= 11 is 0. The molecule has 0 atom stereocenters. The summed E-state index contributed by atoms with van der Waals surface area (Å²) in [5.41, 5.74) is 0. The first-order valence-electron chi connectivity index (χ1n) is 0. The Morgan fingerprint density at radius 3 is 0.500 bits per heavy atom. The summed E-state index contributed by atoms with van der Waals surface area (Å²) in [6.45, 7) is 0. The van der Waals surface area contributed by atoms with Gasteiger partial charge < -0.3 is 0 Å². The maximum Gasteiger partial charge on any atom is 0 e. The van der Waals surface area contributed by atoms with Crippen molar-refractivity contribution in [1.82, 2.24) is 0 Å². The summed E-state index contributed by atoms with van der Waals surface area (Å²) in [5, 5.41) is 0. The third-order valence-corrected chi connectivity index (χ3v) is 0. The van der Waals surface area contributed by atoms with Gasteiger partial charge in [-0.1, -0.05) is 0 Å². The molecule has 0 saturated heterocycles. The largest absolute Gasteiger partial charge is 0 e. The van der Waals surface area contributed by atoms with Crippen LogP contribution >= 0.6 is 0 Å². The van der Waals surface area contributed by atoms with Crippen molar-refractivity contribution >= 4 is 82.8 Å². The van der Waals surface area contributed by atoms with E-state index in [4.69, 9.17) is 0 Å². The van der Waals surface area contributed by atoms with Crippen molar-refractivity contribution in [3.8, 4) is 0 Å². The molecule has 0 unspecified atom stereocenters. The molecule has 0 N–H and O–H groups in total. The van der Waals surface area contributed by atoms with Crippen LogP contribution in [0.5, 0.6) is 0 Å². The number of rotatable bonds is 0. The van der Waals surface area contributed by atoms with Gasteiger partial charge in [0, 0.05) is 82.8 Å². The molecular formula is BiLi3. The van der Waals surface area contributed by atoms with Crippen molar-refractivity contribution in [3.63, 3.8) is 0 Å². The summed E-state index contributed by atoms with van der Waals surface area (Å²) in [6.07, 6.45) is 0. The Morgan fingerprint density at radius 2 is 0.500 bits per heavy atom. The quantitative estimate of drug-likeness (QED) is 0.443. The molecule has 6 radical (unpaired) electrons. The monoisotopic (exact) mass is 230 g/mol. The molecule has 0 nitrogen and oxygen atoms in total. The Bertz CT molecular complexity index is 3.25. The van der Waals surface area contributed by atoms with E-state index in [9.17, 15) is 0 Å². The van der Waals surface area contributed by atoms with Crippen LogP contribution in [0.15, 0.2) is 0 Å². The maximum atomic E-state index is 0. The van der Waals surface area contributed by atoms with E-state index in [1.54, 1.807) is 0 Å². The van der Waals surface area contributed by atoms with E-state index in [0.717, 1.165) is 0 Å². The molecule has 0 heterocycles. The van der Waals surface area contributed by atoms with Gasteiger partial charge in [-0.25, -0.2) is 0 Å². The van der Waals surface area contributed by atoms with E-state index in [1.165, 1.54) is 0 Å². The molecule has 0 spiro atoms. The van der Waals surface area contributed by atoms with E-state index >= 15 is 0 Å². The van der Waals surface area contributed by atoms with Gasteiger partial charge in [0.2, 0.25) is 0 Å². The molecule has 4 heavy (non-hydrogen) atoms. The summed E-state index contributed by atoms with van der Waals surface area (Å²) < 4.78 is 0. The molecule has 0 amide bonds. The molecule has 0 aromatic heterocycles. The van der Waals surface area contributed by atoms with Crippen LogP contribution in [0, 0.1) is 0 Å². The first-order valence-corrected chi connectivity index (χ1v) is 0. The molecule has 0 saturated carbocycles. The average Bonchev–Trinajstić information content (AvgIpc) is 0. The van der Waals surface area contributed by atoms with Crippen molar-refractivity contribution < 1.29 is 0 Å². The van der Waals surface area contributed by atoms with Crippen LogP contribution in [0.4, 0.5) is 0 Å². The van der Waals surface area contributed by atoms with Gasteiger partial charge in [0.25, 0.3) is 0 Å². The molecule has 0 aliphatic rings. The summed E-state index contributed by atoms with van der Waals surface area (Å²) in [6, 6.07) is 0.